The standard InChI is InChI=1S/C11H15NO/c1-8-4-5-11(6-9(8)2)7-10(3)12-13/h4-6,13H,7H2,1-3H3/b12-10-. The summed E-state index contributed by atoms with van der Waals surface area (Å²) < 4.78 is 0. The highest BCUT2D eigenvalue weighted by molar-refractivity contribution is 5.83. The van der Waals surface area contributed by atoms with Crippen molar-refractivity contribution < 1.29 is 5.21 Å². The number of rotatable bonds is 2. The van der Waals surface area contributed by atoms with Crippen LogP contribution in [0.3, 0.4) is 0 Å². The molecule has 1 aromatic rings. The smallest absolute Gasteiger partial charge is 0.0583 e. The van der Waals surface area contributed by atoms with Crippen LogP contribution >= 0.6 is 0 Å². The third-order valence-electron chi connectivity index (χ3n) is 2.20. The second-order valence-corrected chi connectivity index (χ2v) is 3.43. The predicted octanol–water partition coefficient (Wildman–Crippen LogP) is 2.70. The van der Waals surface area contributed by atoms with Gasteiger partial charge in [0.15, 0.2) is 0 Å². The molecule has 0 saturated carbocycles. The van der Waals surface area contributed by atoms with Crippen LogP contribution in [-0.4, -0.2) is 10.9 Å². The minimum atomic E-state index is 0.720. The summed E-state index contributed by atoms with van der Waals surface area (Å²) in [6, 6.07) is 6.29. The summed E-state index contributed by atoms with van der Waals surface area (Å²) >= 11 is 0. The topological polar surface area (TPSA) is 32.6 Å². The Morgan fingerprint density at radius 1 is 1.31 bits per heavy atom. The molecular formula is C11H15NO. The molecule has 1 rings (SSSR count). The lowest BCUT2D eigenvalue weighted by molar-refractivity contribution is 0.317. The first-order valence-corrected chi connectivity index (χ1v) is 4.37. The summed E-state index contributed by atoms with van der Waals surface area (Å²) in [6.07, 6.45) is 0.720. The van der Waals surface area contributed by atoms with Crippen LogP contribution in [0.1, 0.15) is 23.6 Å². The SMILES string of the molecule is C/C(Cc1ccc(C)c(C)c1)=N/O. The molecule has 0 aliphatic rings. The number of nitrogens with zero attached hydrogens (tertiary/aromatic N) is 1. The van der Waals surface area contributed by atoms with E-state index in [1.54, 1.807) is 0 Å². The van der Waals surface area contributed by atoms with Crippen molar-refractivity contribution in [3.8, 4) is 0 Å². The van der Waals surface area contributed by atoms with Crippen LogP contribution in [0, 0.1) is 13.8 Å². The van der Waals surface area contributed by atoms with E-state index in [4.69, 9.17) is 5.21 Å². The Kier molecular flexibility index (Phi) is 3.07. The molecule has 0 bridgehead atoms. The van der Waals surface area contributed by atoms with Crippen LogP contribution in [0.15, 0.2) is 23.4 Å². The molecule has 0 atom stereocenters. The lowest BCUT2D eigenvalue weighted by Gasteiger charge is -2.03. The van der Waals surface area contributed by atoms with Gasteiger partial charge in [0.1, 0.15) is 0 Å². The third-order valence-corrected chi connectivity index (χ3v) is 2.20. The molecular weight excluding hydrogens is 162 g/mol. The minimum Gasteiger partial charge on any atom is -0.411 e. The van der Waals surface area contributed by atoms with Gasteiger partial charge in [0, 0.05) is 6.42 Å². The fourth-order valence-corrected chi connectivity index (χ4v) is 1.24. The van der Waals surface area contributed by atoms with Crippen LogP contribution in [0.5, 0.6) is 0 Å². The van der Waals surface area contributed by atoms with Crippen molar-refractivity contribution in [3.05, 3.63) is 34.9 Å². The fraction of sp³-hybridized carbons (Fsp3) is 0.364. The van der Waals surface area contributed by atoms with E-state index in [0.717, 1.165) is 12.1 Å². The van der Waals surface area contributed by atoms with E-state index in [-0.39, 0.29) is 0 Å². The largest absolute Gasteiger partial charge is 0.411 e. The molecule has 0 saturated heterocycles. The van der Waals surface area contributed by atoms with Crippen molar-refractivity contribution in [3.63, 3.8) is 0 Å². The van der Waals surface area contributed by atoms with Crippen molar-refractivity contribution in [2.24, 2.45) is 5.16 Å². The van der Waals surface area contributed by atoms with Crippen LogP contribution < -0.4 is 0 Å². The molecule has 0 radical (unpaired) electrons. The molecule has 0 spiro atoms. The Balaban J connectivity index is 2.86. The Morgan fingerprint density at radius 3 is 2.54 bits per heavy atom. The first kappa shape index (κ1) is 9.78. The molecule has 13 heavy (non-hydrogen) atoms. The molecule has 0 aliphatic heterocycles. The van der Waals surface area contributed by atoms with Gasteiger partial charge in [-0.25, -0.2) is 0 Å². The van der Waals surface area contributed by atoms with Crippen LogP contribution in [0.2, 0.25) is 0 Å². The van der Waals surface area contributed by atoms with E-state index in [2.05, 4.69) is 37.2 Å². The van der Waals surface area contributed by atoms with E-state index in [1.165, 1.54) is 16.7 Å². The van der Waals surface area contributed by atoms with Gasteiger partial charge in [0.25, 0.3) is 0 Å². The first-order chi connectivity index (χ1) is 6.13. The maximum atomic E-state index is 8.51. The number of hydrogen-bond donors (Lipinski definition) is 1. The quantitative estimate of drug-likeness (QED) is 0.420. The molecule has 2 nitrogen and oxygen atoms in total. The summed E-state index contributed by atoms with van der Waals surface area (Å²) in [7, 11) is 0. The zero-order valence-corrected chi connectivity index (χ0v) is 8.33. The average Bonchev–Trinajstić information content (AvgIpc) is 2.11. The lowest BCUT2D eigenvalue weighted by Crippen LogP contribution is -1.98. The third kappa shape index (κ3) is 2.58. The van der Waals surface area contributed by atoms with Crippen molar-refractivity contribution in [1.29, 1.82) is 0 Å². The van der Waals surface area contributed by atoms with Gasteiger partial charge in [-0.3, -0.25) is 0 Å². The molecule has 1 aromatic carbocycles. The molecule has 2 heteroatoms. The highest BCUT2D eigenvalue weighted by Gasteiger charge is 1.98. The minimum absolute atomic E-state index is 0.720. The van der Waals surface area contributed by atoms with Gasteiger partial charge in [-0.1, -0.05) is 23.4 Å². The number of hydrogen-bond acceptors (Lipinski definition) is 2. The van der Waals surface area contributed by atoms with Gasteiger partial charge < -0.3 is 5.21 Å². The molecule has 1 N–H and O–H groups in total. The summed E-state index contributed by atoms with van der Waals surface area (Å²) in [5.74, 6) is 0. The summed E-state index contributed by atoms with van der Waals surface area (Å²) in [5, 5.41) is 11.7. The molecule has 0 unspecified atom stereocenters. The van der Waals surface area contributed by atoms with Gasteiger partial charge in [-0.2, -0.15) is 0 Å². The second-order valence-electron chi connectivity index (χ2n) is 3.43. The summed E-state index contributed by atoms with van der Waals surface area (Å²) in [6.45, 7) is 5.99. The fourth-order valence-electron chi connectivity index (χ4n) is 1.24. The molecule has 0 heterocycles. The number of aryl methyl sites for hydroxylation is 2. The number of benzene rings is 1. The zero-order chi connectivity index (χ0) is 9.84. The molecule has 0 aliphatic carbocycles. The zero-order valence-electron chi connectivity index (χ0n) is 8.33. The molecule has 0 amide bonds. The molecule has 0 aromatic heterocycles. The normalized spacial score (nSPS) is 11.8. The highest BCUT2D eigenvalue weighted by Crippen LogP contribution is 2.10. The van der Waals surface area contributed by atoms with E-state index in [1.807, 2.05) is 6.92 Å². The summed E-state index contributed by atoms with van der Waals surface area (Å²) in [4.78, 5) is 0. The number of oxime groups is 1. The lowest BCUT2D eigenvalue weighted by atomic mass is 10.0. The van der Waals surface area contributed by atoms with E-state index < -0.39 is 0 Å². The maximum Gasteiger partial charge on any atom is 0.0583 e. The van der Waals surface area contributed by atoms with Crippen molar-refractivity contribution >= 4 is 5.71 Å². The van der Waals surface area contributed by atoms with Gasteiger partial charge in [-0.15, -0.1) is 0 Å². The Bertz CT molecular complexity index is 329. The van der Waals surface area contributed by atoms with Gasteiger partial charge in [0.2, 0.25) is 0 Å². The molecule has 0 fully saturated rings. The van der Waals surface area contributed by atoms with Gasteiger partial charge in [-0.05, 0) is 37.5 Å². The van der Waals surface area contributed by atoms with Gasteiger partial charge >= 0.3 is 0 Å². The highest BCUT2D eigenvalue weighted by atomic mass is 16.4. The van der Waals surface area contributed by atoms with E-state index in [9.17, 15) is 0 Å². The van der Waals surface area contributed by atoms with E-state index in [0.29, 0.717) is 0 Å². The Labute approximate surface area is 78.9 Å². The van der Waals surface area contributed by atoms with Crippen molar-refractivity contribution in [2.75, 3.05) is 0 Å². The maximum absolute atomic E-state index is 8.51. The first-order valence-electron chi connectivity index (χ1n) is 4.37. The predicted molar refractivity (Wildman–Crippen MR) is 54.5 cm³/mol. The van der Waals surface area contributed by atoms with Crippen molar-refractivity contribution in [1.82, 2.24) is 0 Å². The molecule has 70 valence electrons. The van der Waals surface area contributed by atoms with E-state index >= 15 is 0 Å². The van der Waals surface area contributed by atoms with Gasteiger partial charge in [0.05, 0.1) is 5.71 Å². The van der Waals surface area contributed by atoms with Crippen LogP contribution in [0.4, 0.5) is 0 Å². The summed E-state index contributed by atoms with van der Waals surface area (Å²) in [5.41, 5.74) is 4.51. The Morgan fingerprint density at radius 2 is 2.00 bits per heavy atom. The Hall–Kier alpha value is -1.31. The monoisotopic (exact) mass is 177 g/mol. The van der Waals surface area contributed by atoms with Crippen molar-refractivity contribution in [2.45, 2.75) is 27.2 Å². The van der Waals surface area contributed by atoms with Crippen LogP contribution in [-0.2, 0) is 6.42 Å². The van der Waals surface area contributed by atoms with Crippen LogP contribution in [0.25, 0.3) is 0 Å². The second kappa shape index (κ2) is 4.08. The average molecular weight is 177 g/mol.